The summed E-state index contributed by atoms with van der Waals surface area (Å²) < 4.78 is 71.2. The Hall–Kier alpha value is -5.26. The molecule has 1 fully saturated rings. The quantitative estimate of drug-likeness (QED) is 0.0608. The number of nitrogen functional groups attached to an aromatic ring is 2. The molecule has 53 heavy (non-hydrogen) atoms. The van der Waals surface area contributed by atoms with Gasteiger partial charge in [0.2, 0.25) is 35.7 Å². The van der Waals surface area contributed by atoms with Gasteiger partial charge < -0.3 is 41.7 Å². The van der Waals surface area contributed by atoms with Crippen molar-refractivity contribution in [3.63, 3.8) is 0 Å². The molecule has 3 heterocycles. The molecule has 286 valence electrons. The summed E-state index contributed by atoms with van der Waals surface area (Å²) in [5.74, 6) is 0.414. The van der Waals surface area contributed by atoms with Gasteiger partial charge in [0.15, 0.2) is 0 Å². The van der Waals surface area contributed by atoms with Crippen LogP contribution in [0.5, 0.6) is 0 Å². The highest BCUT2D eigenvalue weighted by molar-refractivity contribution is 7.87. The molecule has 0 bridgehead atoms. The number of hydrogen-bond acceptors (Lipinski definition) is 19. The molecule has 0 aliphatic carbocycles. The van der Waals surface area contributed by atoms with Crippen LogP contribution in [0.3, 0.4) is 0 Å². The number of ether oxygens (including phenoxy) is 1. The van der Waals surface area contributed by atoms with Crippen LogP contribution < -0.4 is 31.9 Å². The Kier molecular flexibility index (Phi) is 13.7. The van der Waals surface area contributed by atoms with Crippen LogP contribution >= 0.6 is 0 Å². The molecule has 0 unspecified atom stereocenters. The maximum Gasteiger partial charge on any atom is 0.297 e. The number of rotatable bonds is 14. The highest BCUT2D eigenvalue weighted by Gasteiger charge is 2.21. The molecule has 0 spiro atoms. The number of aromatic nitrogens is 6. The molecule has 0 radical (unpaired) electrons. The zero-order valence-corrected chi connectivity index (χ0v) is 31.1. The monoisotopic (exact) mass is 774 g/mol. The summed E-state index contributed by atoms with van der Waals surface area (Å²) in [5.41, 5.74) is 12.4. The number of morpholine rings is 1. The molecule has 2 aromatic carbocycles. The number of nitrogens with zero attached hydrogens (tertiary/aromatic N) is 8. The summed E-state index contributed by atoms with van der Waals surface area (Å²) in [6, 6.07) is 8.32. The topological polar surface area (TPSA) is 287 Å². The highest BCUT2D eigenvalue weighted by atomic mass is 32.2. The Morgan fingerprint density at radius 3 is 1.96 bits per heavy atom. The maximum absolute atomic E-state index is 13.0. The second kappa shape index (κ2) is 18.0. The van der Waals surface area contributed by atoms with E-state index in [-0.39, 0.29) is 70.3 Å². The fourth-order valence-corrected chi connectivity index (χ4v) is 6.49. The SMILES string of the molecule is CC.CCN(CCO)c1nc(N)nc(Nc2ccc(/C=C/c3ccc(Nc4nc(N)nc(N5CCOCC5)n4)cc3S(=O)(=O)OC)c(S(=O)(=O)O)c2)n1. The van der Waals surface area contributed by atoms with E-state index in [1.54, 1.807) is 11.0 Å². The first-order valence-electron chi connectivity index (χ1n) is 16.3. The maximum atomic E-state index is 13.0. The van der Waals surface area contributed by atoms with Crippen molar-refractivity contribution in [2.45, 2.75) is 30.6 Å². The van der Waals surface area contributed by atoms with Crippen LogP contribution in [0.4, 0.5) is 47.1 Å². The zero-order valence-electron chi connectivity index (χ0n) is 29.5. The highest BCUT2D eigenvalue weighted by Crippen LogP contribution is 2.29. The third-order valence-corrected chi connectivity index (χ3v) is 9.60. The van der Waals surface area contributed by atoms with Gasteiger partial charge in [0.1, 0.15) is 9.79 Å². The lowest BCUT2D eigenvalue weighted by Crippen LogP contribution is -2.37. The Morgan fingerprint density at radius 2 is 1.42 bits per heavy atom. The van der Waals surface area contributed by atoms with Crippen molar-refractivity contribution in [2.75, 3.05) is 85.0 Å². The summed E-state index contributed by atoms with van der Waals surface area (Å²) >= 11 is 0. The van der Waals surface area contributed by atoms with E-state index < -0.39 is 25.1 Å². The summed E-state index contributed by atoms with van der Waals surface area (Å²) in [4.78, 5) is 27.9. The second-order valence-corrected chi connectivity index (χ2v) is 13.8. The van der Waals surface area contributed by atoms with Gasteiger partial charge in [-0.05, 0) is 42.3 Å². The van der Waals surface area contributed by atoms with E-state index in [1.165, 1.54) is 36.4 Å². The first kappa shape index (κ1) is 40.5. The largest absolute Gasteiger partial charge is 0.395 e. The van der Waals surface area contributed by atoms with Crippen LogP contribution in [0.1, 0.15) is 31.9 Å². The number of hydrogen-bond donors (Lipinski definition) is 6. The minimum absolute atomic E-state index is 0.0150. The van der Waals surface area contributed by atoms with Gasteiger partial charge in [0, 0.05) is 37.6 Å². The van der Waals surface area contributed by atoms with Crippen LogP contribution in [0.2, 0.25) is 0 Å². The molecule has 20 nitrogen and oxygen atoms in total. The van der Waals surface area contributed by atoms with Crippen molar-refractivity contribution in [2.24, 2.45) is 0 Å². The van der Waals surface area contributed by atoms with Crippen molar-refractivity contribution in [3.8, 4) is 0 Å². The Bertz CT molecular complexity index is 2130. The molecule has 8 N–H and O–H groups in total. The van der Waals surface area contributed by atoms with Crippen LogP contribution in [-0.2, 0) is 29.2 Å². The number of benzene rings is 2. The molecule has 2 aromatic heterocycles. The Labute approximate surface area is 307 Å². The number of aliphatic hydroxyl groups is 1. The van der Waals surface area contributed by atoms with Gasteiger partial charge in [0.25, 0.3) is 20.2 Å². The number of nitrogens with one attached hydrogen (secondary N) is 2. The lowest BCUT2D eigenvalue weighted by atomic mass is 10.1. The van der Waals surface area contributed by atoms with E-state index in [0.29, 0.717) is 38.8 Å². The molecule has 0 saturated carbocycles. The molecule has 1 aliphatic rings. The lowest BCUT2D eigenvalue weighted by molar-refractivity contribution is 0.122. The summed E-state index contributed by atoms with van der Waals surface area (Å²) in [7, 11) is -8.09. The van der Waals surface area contributed by atoms with E-state index in [0.717, 1.165) is 13.2 Å². The molecule has 1 aliphatic heterocycles. The second-order valence-electron chi connectivity index (χ2n) is 10.7. The molecule has 4 aromatic rings. The zero-order chi connectivity index (χ0) is 38.8. The number of anilines is 8. The number of likely N-dealkylation sites (N-methyl/N-ethyl adjacent to an activating group) is 1. The predicted octanol–water partition coefficient (Wildman–Crippen LogP) is 2.14. The van der Waals surface area contributed by atoms with Crippen LogP contribution in [-0.4, -0.2) is 110 Å². The van der Waals surface area contributed by atoms with Gasteiger partial charge in [-0.2, -0.15) is 46.7 Å². The van der Waals surface area contributed by atoms with E-state index in [9.17, 15) is 26.5 Å². The van der Waals surface area contributed by atoms with E-state index >= 15 is 0 Å². The minimum atomic E-state index is -4.79. The van der Waals surface area contributed by atoms with Crippen molar-refractivity contribution in [1.29, 1.82) is 0 Å². The van der Waals surface area contributed by atoms with Crippen LogP contribution in [0.15, 0.2) is 46.2 Å². The molecule has 5 rings (SSSR count). The number of aliphatic hydroxyl groups excluding tert-OH is 1. The molecule has 0 atom stereocenters. The first-order valence-corrected chi connectivity index (χ1v) is 19.1. The third-order valence-electron chi connectivity index (χ3n) is 7.36. The van der Waals surface area contributed by atoms with Crippen molar-refractivity contribution in [1.82, 2.24) is 29.9 Å². The van der Waals surface area contributed by atoms with Crippen molar-refractivity contribution in [3.05, 3.63) is 47.5 Å². The fourth-order valence-electron chi connectivity index (χ4n) is 4.91. The normalized spacial score (nSPS) is 13.4. The van der Waals surface area contributed by atoms with Gasteiger partial charge in [-0.15, -0.1) is 0 Å². The van der Waals surface area contributed by atoms with E-state index in [1.807, 2.05) is 25.7 Å². The molecular weight excluding hydrogens is 733 g/mol. The Morgan fingerprint density at radius 1 is 0.868 bits per heavy atom. The van der Waals surface area contributed by atoms with Gasteiger partial charge in [0.05, 0.1) is 26.9 Å². The molecule has 22 heteroatoms. The van der Waals surface area contributed by atoms with Gasteiger partial charge in [-0.3, -0.25) is 8.74 Å². The standard InChI is InChI=1S/C29H36N12O8S2.C2H6/c1-3-40(10-13-42)28-36-24(30)34-26(38-28)32-20-8-6-18(22(16-20)50(43,44)45)4-5-19-7-9-21(17-23(19)51(46,47)48-2)33-27-35-25(31)37-29(39-27)41-11-14-49-15-12-41;1-2/h4-9,16-17,42H,3,10-15H2,1-2H3,(H,43,44,45)(H3,30,32,34,36,38)(H3,31,33,35,37,39);1-2H3/b5-4+;. The first-order chi connectivity index (χ1) is 25.3. The van der Waals surface area contributed by atoms with E-state index in [4.69, 9.17) is 20.4 Å². The average Bonchev–Trinajstić information content (AvgIpc) is 3.14. The smallest absolute Gasteiger partial charge is 0.297 e. The molecule has 0 amide bonds. The lowest BCUT2D eigenvalue weighted by Gasteiger charge is -2.26. The number of nitrogens with two attached hydrogens (primary N) is 2. The third kappa shape index (κ3) is 10.6. The van der Waals surface area contributed by atoms with Gasteiger partial charge in [-0.25, -0.2) is 0 Å². The van der Waals surface area contributed by atoms with Gasteiger partial charge >= 0.3 is 0 Å². The molecule has 1 saturated heterocycles. The predicted molar refractivity (Wildman–Crippen MR) is 200 cm³/mol. The van der Waals surface area contributed by atoms with Crippen LogP contribution in [0.25, 0.3) is 12.2 Å². The van der Waals surface area contributed by atoms with Crippen LogP contribution in [0, 0.1) is 0 Å². The van der Waals surface area contributed by atoms with Gasteiger partial charge in [-0.1, -0.05) is 38.1 Å². The summed E-state index contributed by atoms with van der Waals surface area (Å²) in [6.45, 7) is 8.49. The fraction of sp³-hybridized carbons (Fsp3) is 0.355. The van der Waals surface area contributed by atoms with Crippen molar-refractivity contribution < 1.29 is 35.4 Å². The Balaban J connectivity index is 0.00000308. The summed E-state index contributed by atoms with van der Waals surface area (Å²) in [6.07, 6.45) is 2.67. The van der Waals surface area contributed by atoms with Crippen molar-refractivity contribution >= 4 is 79.5 Å². The average molecular weight is 775 g/mol. The van der Waals surface area contributed by atoms with E-state index in [2.05, 4.69) is 40.5 Å². The molecular formula is C31H42N12O8S2. The summed E-state index contributed by atoms with van der Waals surface area (Å²) in [5, 5.41) is 15.1. The minimum Gasteiger partial charge on any atom is -0.395 e.